The van der Waals surface area contributed by atoms with Crippen LogP contribution in [0.5, 0.6) is 0 Å². The van der Waals surface area contributed by atoms with Crippen molar-refractivity contribution in [2.45, 2.75) is 0 Å². The normalized spacial score (nSPS) is 11.9. The first-order chi connectivity index (χ1) is 28.3. The molecule has 3 heterocycles. The number of furan rings is 1. The van der Waals surface area contributed by atoms with Crippen LogP contribution in [0.25, 0.3) is 110 Å². The molecule has 12 rings (SSSR count). The highest BCUT2D eigenvalue weighted by Crippen LogP contribution is 2.42. The van der Waals surface area contributed by atoms with Crippen LogP contribution in [-0.4, -0.2) is 9.13 Å². The van der Waals surface area contributed by atoms with Gasteiger partial charge in [-0.2, -0.15) is 0 Å². The van der Waals surface area contributed by atoms with E-state index in [9.17, 15) is 0 Å². The number of hydrogen-bond donors (Lipinski definition) is 0. The zero-order valence-electron chi connectivity index (χ0n) is 30.9. The molecule has 12 aromatic rings. The second-order valence-electron chi connectivity index (χ2n) is 14.9. The molecule has 3 heteroatoms. The molecule has 0 spiro atoms. The van der Waals surface area contributed by atoms with Crippen LogP contribution in [0.2, 0.25) is 0 Å². The summed E-state index contributed by atoms with van der Waals surface area (Å²) in [6.45, 7) is 0. The Hall–Kier alpha value is -7.62. The topological polar surface area (TPSA) is 23.0 Å². The predicted octanol–water partition coefficient (Wildman–Crippen LogP) is 14.8. The summed E-state index contributed by atoms with van der Waals surface area (Å²) in [4.78, 5) is 0. The number of hydrogen-bond acceptors (Lipinski definition) is 1. The van der Waals surface area contributed by atoms with E-state index in [1.165, 1.54) is 54.7 Å². The summed E-state index contributed by atoms with van der Waals surface area (Å²) in [6, 6.07) is 74.4. The summed E-state index contributed by atoms with van der Waals surface area (Å²) in [5.41, 5.74) is 15.9. The Balaban J connectivity index is 1.01. The van der Waals surface area contributed by atoms with Gasteiger partial charge < -0.3 is 13.6 Å². The number of nitrogens with zero attached hydrogens (tertiary/aromatic N) is 2. The first kappa shape index (κ1) is 31.7. The Morgan fingerprint density at radius 2 is 0.860 bits per heavy atom. The molecule has 0 N–H and O–H groups in total. The lowest BCUT2D eigenvalue weighted by molar-refractivity contribution is 0.670. The number of para-hydroxylation sites is 5. The van der Waals surface area contributed by atoms with Gasteiger partial charge in [0.1, 0.15) is 11.2 Å². The smallest absolute Gasteiger partial charge is 0.143 e. The Morgan fingerprint density at radius 1 is 0.298 bits per heavy atom. The molecule has 0 amide bonds. The lowest BCUT2D eigenvalue weighted by Crippen LogP contribution is -1.94. The Labute approximate surface area is 328 Å². The maximum Gasteiger partial charge on any atom is 0.143 e. The number of benzene rings is 9. The molecule has 0 aliphatic heterocycles. The second-order valence-corrected chi connectivity index (χ2v) is 14.9. The monoisotopic (exact) mass is 726 g/mol. The average molecular weight is 727 g/mol. The van der Waals surface area contributed by atoms with Gasteiger partial charge in [-0.05, 0) is 88.5 Å². The van der Waals surface area contributed by atoms with Crippen LogP contribution in [0.3, 0.4) is 0 Å². The fourth-order valence-corrected chi connectivity index (χ4v) is 9.20. The average Bonchev–Trinajstić information content (AvgIpc) is 3.94. The number of aromatic nitrogens is 2. The number of rotatable bonds is 5. The van der Waals surface area contributed by atoms with Gasteiger partial charge in [-0.25, -0.2) is 0 Å². The maximum atomic E-state index is 6.43. The molecule has 0 aliphatic carbocycles. The van der Waals surface area contributed by atoms with Gasteiger partial charge in [0, 0.05) is 49.3 Å². The van der Waals surface area contributed by atoms with Crippen LogP contribution in [0.1, 0.15) is 0 Å². The Morgan fingerprint density at radius 3 is 1.74 bits per heavy atom. The predicted molar refractivity (Wildman–Crippen MR) is 239 cm³/mol. The molecule has 266 valence electrons. The van der Waals surface area contributed by atoms with E-state index >= 15 is 0 Å². The first-order valence-electron chi connectivity index (χ1n) is 19.5. The van der Waals surface area contributed by atoms with Gasteiger partial charge in [-0.1, -0.05) is 146 Å². The van der Waals surface area contributed by atoms with E-state index in [0.717, 1.165) is 55.6 Å². The molecule has 0 fully saturated rings. The minimum Gasteiger partial charge on any atom is -0.455 e. The molecule has 3 nitrogen and oxygen atoms in total. The second kappa shape index (κ2) is 12.5. The van der Waals surface area contributed by atoms with Crippen molar-refractivity contribution < 1.29 is 4.42 Å². The molecule has 0 unspecified atom stereocenters. The summed E-state index contributed by atoms with van der Waals surface area (Å²) >= 11 is 0. The van der Waals surface area contributed by atoms with Crippen LogP contribution in [0.15, 0.2) is 211 Å². The van der Waals surface area contributed by atoms with Gasteiger partial charge in [0.25, 0.3) is 0 Å². The summed E-state index contributed by atoms with van der Waals surface area (Å²) in [6.07, 6.45) is 0. The third-order valence-electron chi connectivity index (χ3n) is 11.7. The van der Waals surface area contributed by atoms with Gasteiger partial charge in [0.05, 0.1) is 22.1 Å². The van der Waals surface area contributed by atoms with E-state index in [2.05, 4.69) is 203 Å². The summed E-state index contributed by atoms with van der Waals surface area (Å²) < 4.78 is 11.3. The lowest BCUT2D eigenvalue weighted by atomic mass is 9.97. The van der Waals surface area contributed by atoms with Gasteiger partial charge in [-0.3, -0.25) is 0 Å². The fraction of sp³-hybridized carbons (Fsp3) is 0. The van der Waals surface area contributed by atoms with Gasteiger partial charge in [-0.15, -0.1) is 0 Å². The fourth-order valence-electron chi connectivity index (χ4n) is 9.20. The molecule has 0 saturated carbocycles. The van der Waals surface area contributed by atoms with Crippen molar-refractivity contribution in [1.29, 1.82) is 0 Å². The number of fused-ring (bicyclic) bond motifs is 9. The highest BCUT2D eigenvalue weighted by atomic mass is 16.3. The summed E-state index contributed by atoms with van der Waals surface area (Å²) in [5.74, 6) is 0. The van der Waals surface area contributed by atoms with Crippen LogP contribution in [-0.2, 0) is 0 Å². The standard InChI is InChI=1S/C54H34N2O/c1-2-17-39(18-3-1)55-48-26-7-4-20-43(48)44-31-30-38(34-51(44)55)41-23-13-28-50-53(41)47-22-5-8-27-49(47)56(50)40-19-11-15-36(33-40)35-14-10-16-37(32-35)42-24-12-25-46-45-21-6-9-29-52(45)57-54(42)46/h1-34H. The lowest BCUT2D eigenvalue weighted by Gasteiger charge is -2.12. The van der Waals surface area contributed by atoms with Gasteiger partial charge in [0.2, 0.25) is 0 Å². The maximum absolute atomic E-state index is 6.43. The molecule has 57 heavy (non-hydrogen) atoms. The third kappa shape index (κ3) is 4.86. The van der Waals surface area contributed by atoms with Crippen molar-refractivity contribution in [3.05, 3.63) is 206 Å². The molecule has 0 aliphatic rings. The van der Waals surface area contributed by atoms with Crippen LogP contribution >= 0.6 is 0 Å². The minimum atomic E-state index is 0.911. The van der Waals surface area contributed by atoms with E-state index in [1.54, 1.807) is 0 Å². The van der Waals surface area contributed by atoms with E-state index in [-0.39, 0.29) is 0 Å². The van der Waals surface area contributed by atoms with Crippen LogP contribution < -0.4 is 0 Å². The van der Waals surface area contributed by atoms with Crippen LogP contribution in [0.4, 0.5) is 0 Å². The third-order valence-corrected chi connectivity index (χ3v) is 11.7. The van der Waals surface area contributed by atoms with Crippen molar-refractivity contribution in [3.63, 3.8) is 0 Å². The van der Waals surface area contributed by atoms with Gasteiger partial charge >= 0.3 is 0 Å². The molecule has 0 bridgehead atoms. The SMILES string of the molecule is c1ccc(-n2c3ccccc3c3ccc(-c4cccc5c4c4ccccc4n5-c4cccc(-c5cccc(-c6cccc7c6oc6ccccc67)c5)c4)cc32)cc1. The van der Waals surface area contributed by atoms with Crippen molar-refractivity contribution in [2.24, 2.45) is 0 Å². The van der Waals surface area contributed by atoms with Crippen molar-refractivity contribution >= 4 is 65.6 Å². The summed E-state index contributed by atoms with van der Waals surface area (Å²) in [7, 11) is 0. The van der Waals surface area contributed by atoms with Gasteiger partial charge in [0.15, 0.2) is 0 Å². The first-order valence-corrected chi connectivity index (χ1v) is 19.5. The Bertz CT molecular complexity index is 3530. The highest BCUT2D eigenvalue weighted by molar-refractivity contribution is 6.17. The van der Waals surface area contributed by atoms with Crippen LogP contribution in [0, 0.1) is 0 Å². The van der Waals surface area contributed by atoms with E-state index in [0.29, 0.717) is 0 Å². The van der Waals surface area contributed by atoms with Crippen molar-refractivity contribution in [3.8, 4) is 44.8 Å². The molecule has 3 aromatic heterocycles. The van der Waals surface area contributed by atoms with Crippen molar-refractivity contribution in [1.82, 2.24) is 9.13 Å². The zero-order valence-corrected chi connectivity index (χ0v) is 30.9. The summed E-state index contributed by atoms with van der Waals surface area (Å²) in [5, 5.41) is 7.28. The molecular weight excluding hydrogens is 693 g/mol. The highest BCUT2D eigenvalue weighted by Gasteiger charge is 2.19. The minimum absolute atomic E-state index is 0.911. The molecule has 0 atom stereocenters. The largest absolute Gasteiger partial charge is 0.455 e. The Kier molecular flexibility index (Phi) is 6.93. The zero-order chi connectivity index (χ0) is 37.5. The van der Waals surface area contributed by atoms with E-state index < -0.39 is 0 Å². The molecule has 9 aromatic carbocycles. The van der Waals surface area contributed by atoms with E-state index in [4.69, 9.17) is 4.42 Å². The quantitative estimate of drug-likeness (QED) is 0.173. The molecule has 0 saturated heterocycles. The van der Waals surface area contributed by atoms with E-state index in [1.807, 2.05) is 12.1 Å². The molecule has 0 radical (unpaired) electrons. The molecular formula is C54H34N2O. The van der Waals surface area contributed by atoms with Crippen molar-refractivity contribution in [2.75, 3.05) is 0 Å².